The van der Waals surface area contributed by atoms with Gasteiger partial charge in [-0.2, -0.15) is 0 Å². The van der Waals surface area contributed by atoms with Gasteiger partial charge in [-0.25, -0.2) is 9.37 Å². The molecule has 0 bridgehead atoms. The van der Waals surface area contributed by atoms with Crippen molar-refractivity contribution in [3.05, 3.63) is 27.3 Å². The molecule has 1 aromatic heterocycles. The van der Waals surface area contributed by atoms with E-state index in [1.165, 1.54) is 0 Å². The van der Waals surface area contributed by atoms with E-state index in [4.69, 9.17) is 0 Å². The average molecular weight is 316 g/mol. The van der Waals surface area contributed by atoms with Gasteiger partial charge in [0.25, 0.3) is 0 Å². The van der Waals surface area contributed by atoms with Crippen LogP contribution in [-0.4, -0.2) is 4.98 Å². The van der Waals surface area contributed by atoms with Gasteiger partial charge in [0, 0.05) is 17.1 Å². The molecule has 0 unspecified atom stereocenters. The van der Waals surface area contributed by atoms with E-state index >= 15 is 0 Å². The van der Waals surface area contributed by atoms with Gasteiger partial charge in [0.15, 0.2) is 5.82 Å². The van der Waals surface area contributed by atoms with E-state index in [2.05, 4.69) is 20.9 Å². The van der Waals surface area contributed by atoms with E-state index in [1.807, 2.05) is 22.6 Å². The fourth-order valence-electron chi connectivity index (χ4n) is 0.558. The minimum Gasteiger partial charge on any atom is -0.247 e. The molecule has 0 aliphatic carbocycles. The molecule has 0 atom stereocenters. The maximum Gasteiger partial charge on any atom is 0.159 e. The Hall–Kier alpha value is 0.290. The number of halogens is 3. The van der Waals surface area contributed by atoms with Crippen molar-refractivity contribution in [1.82, 2.24) is 4.98 Å². The van der Waals surface area contributed by atoms with Crippen molar-refractivity contribution in [3.8, 4) is 0 Å². The van der Waals surface area contributed by atoms with E-state index in [0.717, 1.165) is 0 Å². The van der Waals surface area contributed by atoms with E-state index in [-0.39, 0.29) is 5.82 Å². The quantitative estimate of drug-likeness (QED) is 0.441. The molecule has 0 aliphatic rings. The normalized spacial score (nSPS) is 9.90. The van der Waals surface area contributed by atoms with Crippen LogP contribution >= 0.6 is 38.5 Å². The Labute approximate surface area is 80.3 Å². The highest BCUT2D eigenvalue weighted by molar-refractivity contribution is 14.1. The minimum absolute atomic E-state index is 0.222. The lowest BCUT2D eigenvalue weighted by atomic mass is 10.3. The Bertz CT molecular complexity index is 241. The van der Waals surface area contributed by atoms with Crippen molar-refractivity contribution in [2.75, 3.05) is 0 Å². The lowest BCUT2D eigenvalue weighted by Gasteiger charge is -1.97. The van der Waals surface area contributed by atoms with Crippen molar-refractivity contribution in [1.29, 1.82) is 0 Å². The number of rotatable bonds is 1. The summed E-state index contributed by atoms with van der Waals surface area (Å²) < 4.78 is 13.3. The van der Waals surface area contributed by atoms with Gasteiger partial charge in [-0.05, 0) is 28.7 Å². The molecule has 0 fully saturated rings. The van der Waals surface area contributed by atoms with Crippen molar-refractivity contribution in [2.24, 2.45) is 0 Å². The number of aromatic nitrogens is 1. The van der Waals surface area contributed by atoms with Crippen LogP contribution in [-0.2, 0) is 5.33 Å². The molecule has 0 saturated carbocycles. The summed E-state index contributed by atoms with van der Waals surface area (Å²) in [5.41, 5.74) is 0.652. The molecule has 1 heterocycles. The Morgan fingerprint density at radius 1 is 1.70 bits per heavy atom. The fraction of sp³-hybridized carbons (Fsp3) is 0.167. The molecule has 0 aliphatic heterocycles. The van der Waals surface area contributed by atoms with Crippen LogP contribution in [0.5, 0.6) is 0 Å². The van der Waals surface area contributed by atoms with Crippen molar-refractivity contribution >= 4 is 38.5 Å². The SMILES string of the molecule is Fc1c(CBr)ccnc1I. The maximum atomic E-state index is 12.9. The zero-order chi connectivity index (χ0) is 7.56. The smallest absolute Gasteiger partial charge is 0.159 e. The number of nitrogens with zero attached hydrogens (tertiary/aromatic N) is 1. The summed E-state index contributed by atoms with van der Waals surface area (Å²) >= 11 is 5.04. The molecular formula is C6H4BrFIN. The van der Waals surface area contributed by atoms with Gasteiger partial charge in [0.2, 0.25) is 0 Å². The fourth-order valence-corrected chi connectivity index (χ4v) is 1.50. The summed E-state index contributed by atoms with van der Waals surface area (Å²) in [4.78, 5) is 3.78. The molecular weight excluding hydrogens is 312 g/mol. The summed E-state index contributed by atoms with van der Waals surface area (Å²) in [6, 6.07) is 1.66. The Morgan fingerprint density at radius 2 is 2.40 bits per heavy atom. The van der Waals surface area contributed by atoms with Crippen LogP contribution in [0.1, 0.15) is 5.56 Å². The summed E-state index contributed by atoms with van der Waals surface area (Å²) in [7, 11) is 0. The highest BCUT2D eigenvalue weighted by Gasteiger charge is 2.03. The Balaban J connectivity index is 3.14. The van der Waals surface area contributed by atoms with Crippen molar-refractivity contribution in [2.45, 2.75) is 5.33 Å². The third-order valence-corrected chi connectivity index (χ3v) is 2.43. The van der Waals surface area contributed by atoms with Gasteiger partial charge in [-0.1, -0.05) is 15.9 Å². The first-order valence-electron chi connectivity index (χ1n) is 2.60. The average Bonchev–Trinajstić information content (AvgIpc) is 1.95. The van der Waals surface area contributed by atoms with Crippen LogP contribution in [0.4, 0.5) is 4.39 Å². The second kappa shape index (κ2) is 3.61. The van der Waals surface area contributed by atoms with Crippen LogP contribution in [0.3, 0.4) is 0 Å². The molecule has 0 aromatic carbocycles. The van der Waals surface area contributed by atoms with E-state index in [9.17, 15) is 4.39 Å². The molecule has 10 heavy (non-hydrogen) atoms. The van der Waals surface area contributed by atoms with E-state index in [0.29, 0.717) is 14.6 Å². The van der Waals surface area contributed by atoms with Crippen molar-refractivity contribution < 1.29 is 4.39 Å². The third kappa shape index (κ3) is 1.66. The molecule has 54 valence electrons. The predicted molar refractivity (Wildman–Crippen MR) is 49.5 cm³/mol. The van der Waals surface area contributed by atoms with Gasteiger partial charge in [-0.3, -0.25) is 0 Å². The Morgan fingerprint density at radius 3 is 2.90 bits per heavy atom. The lowest BCUT2D eigenvalue weighted by Crippen LogP contribution is -1.91. The zero-order valence-electron chi connectivity index (χ0n) is 4.94. The van der Waals surface area contributed by atoms with Gasteiger partial charge < -0.3 is 0 Å². The standard InChI is InChI=1S/C6H4BrFIN/c7-3-4-1-2-10-6(9)5(4)8/h1-2H,3H2. The first kappa shape index (κ1) is 8.39. The molecule has 0 radical (unpaired) electrons. The van der Waals surface area contributed by atoms with E-state index in [1.54, 1.807) is 12.3 Å². The summed E-state index contributed by atoms with van der Waals surface area (Å²) in [5, 5.41) is 0.539. The monoisotopic (exact) mass is 315 g/mol. The highest BCUT2D eigenvalue weighted by atomic mass is 127. The second-order valence-corrected chi connectivity index (χ2v) is 3.29. The first-order chi connectivity index (χ1) is 4.75. The van der Waals surface area contributed by atoms with Crippen LogP contribution in [0.15, 0.2) is 12.3 Å². The highest BCUT2D eigenvalue weighted by Crippen LogP contribution is 2.14. The van der Waals surface area contributed by atoms with Gasteiger partial charge in [0.1, 0.15) is 3.70 Å². The molecule has 0 spiro atoms. The van der Waals surface area contributed by atoms with Crippen molar-refractivity contribution in [3.63, 3.8) is 0 Å². The Kier molecular flexibility index (Phi) is 3.03. The van der Waals surface area contributed by atoms with Gasteiger partial charge in [-0.15, -0.1) is 0 Å². The van der Waals surface area contributed by atoms with Crippen LogP contribution in [0.25, 0.3) is 0 Å². The number of hydrogen-bond donors (Lipinski definition) is 0. The molecule has 1 rings (SSSR count). The number of hydrogen-bond acceptors (Lipinski definition) is 1. The molecule has 0 amide bonds. The van der Waals surface area contributed by atoms with E-state index < -0.39 is 0 Å². The van der Waals surface area contributed by atoms with Crippen LogP contribution in [0.2, 0.25) is 0 Å². The predicted octanol–water partition coefficient (Wildman–Crippen LogP) is 2.72. The maximum absolute atomic E-state index is 12.9. The zero-order valence-corrected chi connectivity index (χ0v) is 8.69. The van der Waals surface area contributed by atoms with Crippen LogP contribution < -0.4 is 0 Å². The first-order valence-corrected chi connectivity index (χ1v) is 4.80. The molecule has 0 saturated heterocycles. The molecule has 4 heteroatoms. The summed E-state index contributed by atoms with van der Waals surface area (Å²) in [6.45, 7) is 0. The molecule has 0 N–H and O–H groups in total. The largest absolute Gasteiger partial charge is 0.247 e. The molecule has 1 nitrogen and oxygen atoms in total. The van der Waals surface area contributed by atoms with Gasteiger partial charge >= 0.3 is 0 Å². The molecule has 1 aromatic rings. The topological polar surface area (TPSA) is 12.9 Å². The summed E-state index contributed by atoms with van der Waals surface area (Å²) in [6.07, 6.45) is 1.60. The summed E-state index contributed by atoms with van der Waals surface area (Å²) in [5.74, 6) is -0.222. The van der Waals surface area contributed by atoms with Crippen LogP contribution in [0, 0.1) is 9.52 Å². The van der Waals surface area contributed by atoms with Gasteiger partial charge in [0.05, 0.1) is 0 Å². The third-order valence-electron chi connectivity index (χ3n) is 1.07. The number of alkyl halides is 1. The number of pyridine rings is 1. The second-order valence-electron chi connectivity index (χ2n) is 1.71. The lowest BCUT2D eigenvalue weighted by molar-refractivity contribution is 0.601. The minimum atomic E-state index is -0.222.